The van der Waals surface area contributed by atoms with Crippen LogP contribution in [0.3, 0.4) is 0 Å². The highest BCUT2D eigenvalue weighted by Gasteiger charge is 2.38. The van der Waals surface area contributed by atoms with Crippen molar-refractivity contribution in [2.45, 2.75) is 38.5 Å². The van der Waals surface area contributed by atoms with Gasteiger partial charge in [-0.3, -0.25) is 0 Å². The molecule has 0 heterocycles. The van der Waals surface area contributed by atoms with Crippen molar-refractivity contribution in [3.05, 3.63) is 74.8 Å². The maximum atomic E-state index is 6.15. The molecule has 0 fully saturated rings. The molecule has 0 amide bonds. The number of nitrogens with two attached hydrogens (primary N) is 1. The second-order valence-electron chi connectivity index (χ2n) is 8.01. The smallest absolute Gasteiger partial charge is 0.0156 e. The average Bonchev–Trinajstić information content (AvgIpc) is 2.78. The van der Waals surface area contributed by atoms with Crippen molar-refractivity contribution < 1.29 is 0 Å². The van der Waals surface area contributed by atoms with E-state index in [1.165, 1.54) is 38.3 Å². The maximum absolute atomic E-state index is 6.15. The summed E-state index contributed by atoms with van der Waals surface area (Å²) in [5, 5.41) is 2.77. The van der Waals surface area contributed by atoms with Gasteiger partial charge in [-0.05, 0) is 75.8 Å². The van der Waals surface area contributed by atoms with Crippen LogP contribution in [0.25, 0.3) is 17.7 Å². The third-order valence-electron chi connectivity index (χ3n) is 6.16. The Morgan fingerprint density at radius 2 is 1.96 bits per heavy atom. The van der Waals surface area contributed by atoms with Crippen molar-refractivity contribution in [2.75, 3.05) is 0 Å². The lowest BCUT2D eigenvalue weighted by molar-refractivity contribution is 0.648. The zero-order chi connectivity index (χ0) is 16.5. The summed E-state index contributed by atoms with van der Waals surface area (Å²) in [7, 11) is 0. The molecule has 0 saturated heterocycles. The minimum Gasteiger partial charge on any atom is -0.402 e. The third-order valence-corrected chi connectivity index (χ3v) is 6.16. The second kappa shape index (κ2) is 4.63. The van der Waals surface area contributed by atoms with Crippen molar-refractivity contribution in [3.63, 3.8) is 0 Å². The first-order chi connectivity index (χ1) is 11.5. The quantitative estimate of drug-likeness (QED) is 0.780. The maximum Gasteiger partial charge on any atom is 0.0156 e. The molecule has 1 atom stereocenters. The Morgan fingerprint density at radius 3 is 2.83 bits per heavy atom. The van der Waals surface area contributed by atoms with Crippen LogP contribution in [0, 0.1) is 5.92 Å². The van der Waals surface area contributed by atoms with E-state index in [1.807, 2.05) is 0 Å². The molecule has 1 unspecified atom stereocenters. The van der Waals surface area contributed by atoms with Gasteiger partial charge in [-0.1, -0.05) is 44.2 Å². The van der Waals surface area contributed by atoms with Crippen LogP contribution < -0.4 is 16.2 Å². The first-order valence-electron chi connectivity index (χ1n) is 8.99. The molecule has 0 radical (unpaired) electrons. The Hall–Kier alpha value is -2.28. The van der Waals surface area contributed by atoms with Crippen molar-refractivity contribution in [1.82, 2.24) is 0 Å². The lowest BCUT2D eigenvalue weighted by Gasteiger charge is -2.25. The van der Waals surface area contributed by atoms with Crippen molar-refractivity contribution >= 4 is 17.7 Å². The van der Waals surface area contributed by atoms with Crippen LogP contribution in [0.2, 0.25) is 0 Å². The molecule has 1 aromatic carbocycles. The van der Waals surface area contributed by atoms with Crippen molar-refractivity contribution in [3.8, 4) is 0 Å². The molecular formula is C23H23N. The molecule has 0 spiro atoms. The van der Waals surface area contributed by atoms with Crippen LogP contribution >= 0.6 is 0 Å². The SMILES string of the molecule is CC1(C)C2=C(CCC(N)=C2)c2cc3c(cc21)=CC1=CC=CCC1C=3. The molecule has 0 aromatic heterocycles. The molecule has 0 aliphatic heterocycles. The zero-order valence-electron chi connectivity index (χ0n) is 14.4. The second-order valence-corrected chi connectivity index (χ2v) is 8.01. The van der Waals surface area contributed by atoms with Crippen molar-refractivity contribution in [2.24, 2.45) is 11.7 Å². The normalized spacial score (nSPS) is 25.5. The monoisotopic (exact) mass is 313 g/mol. The summed E-state index contributed by atoms with van der Waals surface area (Å²) >= 11 is 0. The van der Waals surface area contributed by atoms with Gasteiger partial charge >= 0.3 is 0 Å². The molecule has 5 rings (SSSR count). The van der Waals surface area contributed by atoms with E-state index >= 15 is 0 Å². The Balaban J connectivity index is 1.78. The first kappa shape index (κ1) is 14.1. The minimum absolute atomic E-state index is 0.0519. The standard InChI is InChI=1S/C23H23N/c1-23(2)21-12-17-10-15-6-4-3-5-14(15)9-16(17)11-20(21)19-8-7-18(24)13-22(19)23/h3-4,6,9-14H,5,7-8,24H2,1-2H3. The van der Waals surface area contributed by atoms with Crippen LogP contribution in [-0.2, 0) is 5.41 Å². The highest BCUT2D eigenvalue weighted by molar-refractivity contribution is 5.84. The van der Waals surface area contributed by atoms with Crippen LogP contribution in [-0.4, -0.2) is 0 Å². The Bertz CT molecular complexity index is 1010. The zero-order valence-corrected chi connectivity index (χ0v) is 14.4. The van der Waals surface area contributed by atoms with E-state index < -0.39 is 0 Å². The summed E-state index contributed by atoms with van der Waals surface area (Å²) < 4.78 is 0. The number of allylic oxidation sites excluding steroid dienone is 8. The van der Waals surface area contributed by atoms with E-state index in [1.54, 1.807) is 0 Å². The predicted octanol–water partition coefficient (Wildman–Crippen LogP) is 3.44. The molecule has 1 heteroatoms. The Kier molecular flexibility index (Phi) is 2.72. The number of benzene rings is 1. The fourth-order valence-electron chi connectivity index (χ4n) is 4.78. The highest BCUT2D eigenvalue weighted by atomic mass is 14.6. The Morgan fingerprint density at radius 1 is 1.08 bits per heavy atom. The molecule has 2 N–H and O–H groups in total. The highest BCUT2D eigenvalue weighted by Crippen LogP contribution is 2.49. The van der Waals surface area contributed by atoms with Gasteiger partial charge in [0, 0.05) is 17.0 Å². The summed E-state index contributed by atoms with van der Waals surface area (Å²) in [5.74, 6) is 0.547. The summed E-state index contributed by atoms with van der Waals surface area (Å²) in [5.41, 5.74) is 14.6. The summed E-state index contributed by atoms with van der Waals surface area (Å²) in [4.78, 5) is 0. The molecule has 0 bridgehead atoms. The van der Waals surface area contributed by atoms with Gasteiger partial charge in [0.15, 0.2) is 0 Å². The number of fused-ring (bicyclic) bond motifs is 4. The fraction of sp³-hybridized carbons (Fsp3) is 0.304. The van der Waals surface area contributed by atoms with Gasteiger partial charge in [-0.25, -0.2) is 0 Å². The van der Waals surface area contributed by atoms with E-state index in [2.05, 4.69) is 62.4 Å². The summed E-state index contributed by atoms with van der Waals surface area (Å²) in [6.45, 7) is 4.68. The van der Waals surface area contributed by atoms with Crippen LogP contribution in [0.5, 0.6) is 0 Å². The molecule has 1 aromatic rings. The molecule has 4 aliphatic rings. The first-order valence-corrected chi connectivity index (χ1v) is 8.99. The Labute approximate surface area is 143 Å². The predicted molar refractivity (Wildman–Crippen MR) is 101 cm³/mol. The van der Waals surface area contributed by atoms with E-state index in [-0.39, 0.29) is 5.41 Å². The van der Waals surface area contributed by atoms with Gasteiger partial charge < -0.3 is 5.73 Å². The van der Waals surface area contributed by atoms with E-state index in [9.17, 15) is 0 Å². The number of hydrogen-bond acceptors (Lipinski definition) is 1. The average molecular weight is 313 g/mol. The molecule has 24 heavy (non-hydrogen) atoms. The fourth-order valence-corrected chi connectivity index (χ4v) is 4.78. The van der Waals surface area contributed by atoms with Gasteiger partial charge in [0.05, 0.1) is 0 Å². The topological polar surface area (TPSA) is 26.0 Å². The lowest BCUT2D eigenvalue weighted by Crippen LogP contribution is -2.32. The van der Waals surface area contributed by atoms with Crippen molar-refractivity contribution in [1.29, 1.82) is 0 Å². The molecule has 120 valence electrons. The van der Waals surface area contributed by atoms with Crippen LogP contribution in [0.15, 0.2) is 53.3 Å². The third kappa shape index (κ3) is 1.81. The van der Waals surface area contributed by atoms with E-state index in [0.29, 0.717) is 5.92 Å². The largest absolute Gasteiger partial charge is 0.402 e. The van der Waals surface area contributed by atoms with Gasteiger partial charge in [0.1, 0.15) is 0 Å². The van der Waals surface area contributed by atoms with Crippen LogP contribution in [0.4, 0.5) is 0 Å². The van der Waals surface area contributed by atoms with Gasteiger partial charge in [0.25, 0.3) is 0 Å². The van der Waals surface area contributed by atoms with Gasteiger partial charge in [-0.15, -0.1) is 0 Å². The van der Waals surface area contributed by atoms with Crippen LogP contribution in [0.1, 0.15) is 44.2 Å². The molecule has 0 saturated carbocycles. The summed E-state index contributed by atoms with van der Waals surface area (Å²) in [6.07, 6.45) is 17.0. The van der Waals surface area contributed by atoms with E-state index in [4.69, 9.17) is 5.73 Å². The molecule has 4 aliphatic carbocycles. The lowest BCUT2D eigenvalue weighted by atomic mass is 9.79. The number of hydrogen-bond donors (Lipinski definition) is 1. The van der Waals surface area contributed by atoms with Gasteiger partial charge in [-0.2, -0.15) is 0 Å². The molecular weight excluding hydrogens is 290 g/mol. The van der Waals surface area contributed by atoms with Gasteiger partial charge in [0.2, 0.25) is 0 Å². The molecule has 1 nitrogen and oxygen atoms in total. The minimum atomic E-state index is 0.0519. The van der Waals surface area contributed by atoms with E-state index in [0.717, 1.165) is 25.0 Å². The number of rotatable bonds is 0. The summed E-state index contributed by atoms with van der Waals surface area (Å²) in [6, 6.07) is 4.87.